The van der Waals surface area contributed by atoms with E-state index in [-0.39, 0.29) is 0 Å². The number of benzene rings is 1. The Morgan fingerprint density at radius 3 is 2.90 bits per heavy atom. The van der Waals surface area contributed by atoms with Crippen LogP contribution in [-0.4, -0.2) is 16.5 Å². The van der Waals surface area contributed by atoms with Crippen LogP contribution in [0.4, 0.5) is 17.5 Å². The van der Waals surface area contributed by atoms with E-state index in [0.717, 1.165) is 17.8 Å². The maximum absolute atomic E-state index is 8.95. The van der Waals surface area contributed by atoms with E-state index in [1.165, 1.54) is 0 Å². The van der Waals surface area contributed by atoms with Crippen LogP contribution in [0.1, 0.15) is 18.1 Å². The topological polar surface area (TPSA) is 73.6 Å². The molecule has 2 N–H and O–H groups in total. The molecule has 0 unspecified atom stereocenters. The molecule has 1 aromatic carbocycles. The molecule has 0 fully saturated rings. The number of aromatic nitrogens is 2. The second-order valence-corrected chi connectivity index (χ2v) is 4.59. The monoisotopic (exact) mass is 287 g/mol. The third-order valence-electron chi connectivity index (χ3n) is 2.70. The van der Waals surface area contributed by atoms with Crippen LogP contribution in [0, 0.1) is 18.3 Å². The van der Waals surface area contributed by atoms with Crippen molar-refractivity contribution in [3.8, 4) is 6.07 Å². The Labute approximate surface area is 122 Å². The van der Waals surface area contributed by atoms with E-state index in [2.05, 4.69) is 26.7 Å². The molecule has 2 rings (SSSR count). The third kappa shape index (κ3) is 3.16. The minimum atomic E-state index is 0.424. The number of nitrogens with one attached hydrogen (secondary N) is 2. The fourth-order valence-corrected chi connectivity index (χ4v) is 1.79. The molecule has 20 heavy (non-hydrogen) atoms. The van der Waals surface area contributed by atoms with Gasteiger partial charge in [-0.1, -0.05) is 17.7 Å². The van der Waals surface area contributed by atoms with Crippen LogP contribution in [0.25, 0.3) is 0 Å². The minimum absolute atomic E-state index is 0.424. The molecule has 2 aromatic rings. The summed E-state index contributed by atoms with van der Waals surface area (Å²) in [5, 5.41) is 15.5. The average Bonchev–Trinajstić information content (AvgIpc) is 2.45. The molecule has 0 saturated heterocycles. The maximum Gasteiger partial charge on any atom is 0.224 e. The Kier molecular flexibility index (Phi) is 4.38. The molecule has 0 radical (unpaired) electrons. The van der Waals surface area contributed by atoms with Crippen LogP contribution in [0.15, 0.2) is 24.4 Å². The van der Waals surface area contributed by atoms with E-state index in [0.29, 0.717) is 22.4 Å². The fourth-order valence-electron chi connectivity index (χ4n) is 1.65. The van der Waals surface area contributed by atoms with Gasteiger partial charge in [-0.25, -0.2) is 4.98 Å². The Hall–Kier alpha value is -2.32. The highest BCUT2D eigenvalue weighted by Gasteiger charge is 2.07. The van der Waals surface area contributed by atoms with E-state index < -0.39 is 0 Å². The third-order valence-corrected chi connectivity index (χ3v) is 2.98. The first-order chi connectivity index (χ1) is 9.63. The van der Waals surface area contributed by atoms with Crippen molar-refractivity contribution in [2.24, 2.45) is 0 Å². The lowest BCUT2D eigenvalue weighted by molar-refractivity contribution is 1.09. The number of nitriles is 1. The molecular formula is C14H14ClN5. The molecule has 6 heteroatoms. The summed E-state index contributed by atoms with van der Waals surface area (Å²) in [6, 6.07) is 7.52. The summed E-state index contributed by atoms with van der Waals surface area (Å²) in [5.41, 5.74) is 2.38. The first-order valence-corrected chi connectivity index (χ1v) is 6.56. The Morgan fingerprint density at radius 1 is 1.40 bits per heavy atom. The Bertz CT molecular complexity index is 663. The van der Waals surface area contributed by atoms with Gasteiger partial charge in [-0.2, -0.15) is 10.2 Å². The van der Waals surface area contributed by atoms with Crippen molar-refractivity contribution in [3.63, 3.8) is 0 Å². The molecule has 102 valence electrons. The van der Waals surface area contributed by atoms with Crippen molar-refractivity contribution < 1.29 is 0 Å². The van der Waals surface area contributed by atoms with Crippen molar-refractivity contribution in [2.75, 3.05) is 17.2 Å². The molecule has 1 heterocycles. The van der Waals surface area contributed by atoms with Gasteiger partial charge in [-0.05, 0) is 31.5 Å². The zero-order valence-electron chi connectivity index (χ0n) is 11.2. The molecule has 0 spiro atoms. The summed E-state index contributed by atoms with van der Waals surface area (Å²) in [7, 11) is 0. The van der Waals surface area contributed by atoms with Gasteiger partial charge in [0.15, 0.2) is 5.82 Å². The molecule has 0 amide bonds. The van der Waals surface area contributed by atoms with Gasteiger partial charge in [0.1, 0.15) is 5.02 Å². The molecule has 0 saturated carbocycles. The number of aryl methyl sites for hydroxylation is 1. The second-order valence-electron chi connectivity index (χ2n) is 4.19. The second kappa shape index (κ2) is 6.22. The standard InChI is InChI=1S/C14H14ClN5/c1-3-17-14-18-8-11(15)13(20-14)19-12-6-10(7-16)5-4-9(12)2/h4-6,8H,3H2,1-2H3,(H2,17,18,19,20). The summed E-state index contributed by atoms with van der Waals surface area (Å²) < 4.78 is 0. The summed E-state index contributed by atoms with van der Waals surface area (Å²) in [6.07, 6.45) is 1.54. The van der Waals surface area contributed by atoms with Gasteiger partial charge < -0.3 is 10.6 Å². The molecule has 0 atom stereocenters. The average molecular weight is 288 g/mol. The van der Waals surface area contributed by atoms with E-state index in [9.17, 15) is 0 Å². The van der Waals surface area contributed by atoms with Crippen LogP contribution in [-0.2, 0) is 0 Å². The summed E-state index contributed by atoms with van der Waals surface area (Å²) in [4.78, 5) is 8.39. The highest BCUT2D eigenvalue weighted by molar-refractivity contribution is 6.32. The van der Waals surface area contributed by atoms with E-state index in [1.54, 1.807) is 18.3 Å². The van der Waals surface area contributed by atoms with Gasteiger partial charge in [0.05, 0.1) is 17.8 Å². The summed E-state index contributed by atoms with van der Waals surface area (Å²) in [5.74, 6) is 1.02. The zero-order valence-corrected chi connectivity index (χ0v) is 12.0. The first kappa shape index (κ1) is 14.1. The van der Waals surface area contributed by atoms with Gasteiger partial charge in [0.2, 0.25) is 5.95 Å². The van der Waals surface area contributed by atoms with Crippen molar-refractivity contribution in [1.82, 2.24) is 9.97 Å². The van der Waals surface area contributed by atoms with E-state index in [1.807, 2.05) is 19.9 Å². The highest BCUT2D eigenvalue weighted by Crippen LogP contribution is 2.26. The molecule has 0 aliphatic heterocycles. The quantitative estimate of drug-likeness (QED) is 0.900. The van der Waals surface area contributed by atoms with E-state index in [4.69, 9.17) is 16.9 Å². The SMILES string of the molecule is CCNc1ncc(Cl)c(Nc2cc(C#N)ccc2C)n1. The number of anilines is 3. The lowest BCUT2D eigenvalue weighted by Crippen LogP contribution is -2.05. The largest absolute Gasteiger partial charge is 0.354 e. The normalized spacial score (nSPS) is 9.90. The summed E-state index contributed by atoms with van der Waals surface area (Å²) in [6.45, 7) is 4.64. The zero-order chi connectivity index (χ0) is 14.5. The van der Waals surface area contributed by atoms with E-state index >= 15 is 0 Å². The van der Waals surface area contributed by atoms with Crippen molar-refractivity contribution >= 4 is 29.1 Å². The summed E-state index contributed by atoms with van der Waals surface area (Å²) >= 11 is 6.09. The Morgan fingerprint density at radius 2 is 2.20 bits per heavy atom. The molecular weight excluding hydrogens is 274 g/mol. The fraction of sp³-hybridized carbons (Fsp3) is 0.214. The lowest BCUT2D eigenvalue weighted by Gasteiger charge is -2.11. The van der Waals surface area contributed by atoms with Crippen molar-refractivity contribution in [3.05, 3.63) is 40.5 Å². The number of rotatable bonds is 4. The number of nitrogens with zero attached hydrogens (tertiary/aromatic N) is 3. The Balaban J connectivity index is 2.34. The van der Waals surface area contributed by atoms with Crippen LogP contribution in [0.5, 0.6) is 0 Å². The highest BCUT2D eigenvalue weighted by atomic mass is 35.5. The molecule has 0 bridgehead atoms. The van der Waals surface area contributed by atoms with Crippen molar-refractivity contribution in [2.45, 2.75) is 13.8 Å². The minimum Gasteiger partial charge on any atom is -0.354 e. The predicted octanol–water partition coefficient (Wildman–Crippen LogP) is 3.49. The van der Waals surface area contributed by atoms with Crippen molar-refractivity contribution in [1.29, 1.82) is 5.26 Å². The molecule has 0 aliphatic carbocycles. The van der Waals surface area contributed by atoms with Gasteiger partial charge in [-0.15, -0.1) is 0 Å². The maximum atomic E-state index is 8.95. The molecule has 0 aliphatic rings. The smallest absolute Gasteiger partial charge is 0.224 e. The lowest BCUT2D eigenvalue weighted by atomic mass is 10.1. The van der Waals surface area contributed by atoms with Crippen LogP contribution in [0.2, 0.25) is 5.02 Å². The van der Waals surface area contributed by atoms with Crippen LogP contribution < -0.4 is 10.6 Å². The van der Waals surface area contributed by atoms with Crippen LogP contribution in [0.3, 0.4) is 0 Å². The molecule has 5 nitrogen and oxygen atoms in total. The van der Waals surface area contributed by atoms with Gasteiger partial charge in [0, 0.05) is 12.2 Å². The number of hydrogen-bond donors (Lipinski definition) is 2. The van der Waals surface area contributed by atoms with Gasteiger partial charge in [0.25, 0.3) is 0 Å². The van der Waals surface area contributed by atoms with Crippen LogP contribution >= 0.6 is 11.6 Å². The number of halogens is 1. The first-order valence-electron chi connectivity index (χ1n) is 6.18. The van der Waals surface area contributed by atoms with Gasteiger partial charge in [-0.3, -0.25) is 0 Å². The molecule has 1 aromatic heterocycles. The van der Waals surface area contributed by atoms with Gasteiger partial charge >= 0.3 is 0 Å². The predicted molar refractivity (Wildman–Crippen MR) is 80.4 cm³/mol. The number of hydrogen-bond acceptors (Lipinski definition) is 5.